The smallest absolute Gasteiger partial charge is 0.0462 e. The number of nitrogens with zero attached hydrogens (tertiary/aromatic N) is 1. The number of fused-ring (bicyclic) bond motifs is 3. The van der Waals surface area contributed by atoms with E-state index in [9.17, 15) is 0 Å². The van der Waals surface area contributed by atoms with E-state index in [-0.39, 0.29) is 0 Å². The van der Waals surface area contributed by atoms with Gasteiger partial charge < -0.3 is 4.90 Å². The highest BCUT2D eigenvalue weighted by Gasteiger charge is 2.17. The molecule has 0 unspecified atom stereocenters. The summed E-state index contributed by atoms with van der Waals surface area (Å²) in [5.74, 6) is 0. The number of thiophene rings is 1. The lowest BCUT2D eigenvalue weighted by molar-refractivity contribution is 1.21. The average Bonchev–Trinajstić information content (AvgIpc) is 3.51. The van der Waals surface area contributed by atoms with Gasteiger partial charge in [0, 0.05) is 37.2 Å². The molecule has 2 heteroatoms. The van der Waals surface area contributed by atoms with Crippen LogP contribution in [0.4, 0.5) is 11.4 Å². The fourth-order valence-corrected chi connectivity index (χ4v) is 9.73. The van der Waals surface area contributed by atoms with Crippen molar-refractivity contribution in [1.82, 2.24) is 0 Å². The van der Waals surface area contributed by atoms with E-state index in [1.165, 1.54) is 86.9 Å². The lowest BCUT2D eigenvalue weighted by Gasteiger charge is -2.27. The molecule has 59 heavy (non-hydrogen) atoms. The molecular weight excluding hydrogens is 731 g/mol. The van der Waals surface area contributed by atoms with Gasteiger partial charge in [0.2, 0.25) is 0 Å². The number of hydrogen-bond donors (Lipinski definition) is 0. The van der Waals surface area contributed by atoms with Gasteiger partial charge in [-0.05, 0) is 142 Å². The van der Waals surface area contributed by atoms with Gasteiger partial charge in [-0.15, -0.1) is 11.3 Å². The number of benzene rings is 8. The van der Waals surface area contributed by atoms with Gasteiger partial charge in [0.15, 0.2) is 0 Å². The van der Waals surface area contributed by atoms with Gasteiger partial charge in [-0.1, -0.05) is 158 Å². The normalized spacial score (nSPS) is 12.6. The number of aryl methyl sites for hydroxylation is 2. The summed E-state index contributed by atoms with van der Waals surface area (Å²) >= 11 is 1.88. The number of hydrogen-bond acceptors (Lipinski definition) is 2. The standard InChI is InChI=1S/C57H43NS/c1-39-13-6-7-20-51(39)55-38-47(26-25-40(55)2)43-28-33-49(34-29-43)58(48-19-11-16-42(27-32-48)46-18-10-17-45(37-46)41-14-4-3-5-15-41)50-35-30-44(31-36-50)52-22-12-23-54-53-21-8-9-24-56(53)59-57(52)54/h3-15,17-38H,16H2,1-2H3. The van der Waals surface area contributed by atoms with E-state index < -0.39 is 0 Å². The molecule has 8 aromatic carbocycles. The van der Waals surface area contributed by atoms with E-state index >= 15 is 0 Å². The van der Waals surface area contributed by atoms with Crippen molar-refractivity contribution in [1.29, 1.82) is 0 Å². The summed E-state index contributed by atoms with van der Waals surface area (Å²) in [6.07, 6.45) is 10.0. The van der Waals surface area contributed by atoms with Crippen LogP contribution in [-0.2, 0) is 0 Å². The minimum atomic E-state index is 0.847. The van der Waals surface area contributed by atoms with Crippen molar-refractivity contribution >= 4 is 48.5 Å². The highest BCUT2D eigenvalue weighted by atomic mass is 32.1. The average molecular weight is 774 g/mol. The van der Waals surface area contributed by atoms with Crippen molar-refractivity contribution in [3.05, 3.63) is 235 Å². The Kier molecular flexibility index (Phi) is 9.70. The summed E-state index contributed by atoms with van der Waals surface area (Å²) in [5, 5.41) is 2.64. The molecule has 1 aliphatic carbocycles. The SMILES string of the molecule is Cc1ccccc1-c1cc(-c2ccc(N(C3=CC=C(c4cccc(-c5ccccc5)c4)CC=C3)c3ccc(-c4cccc5c4sc4ccccc45)cc3)cc2)ccc1C. The molecule has 0 spiro atoms. The van der Waals surface area contributed by atoms with Crippen LogP contribution < -0.4 is 4.90 Å². The minimum absolute atomic E-state index is 0.847. The molecule has 10 rings (SSSR count). The Labute approximate surface area is 351 Å². The highest BCUT2D eigenvalue weighted by molar-refractivity contribution is 7.26. The Morgan fingerprint density at radius 3 is 1.83 bits per heavy atom. The first-order valence-electron chi connectivity index (χ1n) is 20.4. The third-order valence-electron chi connectivity index (χ3n) is 11.7. The van der Waals surface area contributed by atoms with Crippen LogP contribution in [0.5, 0.6) is 0 Å². The van der Waals surface area contributed by atoms with E-state index in [1.807, 2.05) is 11.3 Å². The van der Waals surface area contributed by atoms with Crippen molar-refractivity contribution in [2.75, 3.05) is 4.90 Å². The summed E-state index contributed by atoms with van der Waals surface area (Å²) in [6.45, 7) is 4.40. The molecule has 282 valence electrons. The second kappa shape index (κ2) is 15.7. The Balaban J connectivity index is 1.04. The van der Waals surface area contributed by atoms with Gasteiger partial charge in [-0.25, -0.2) is 0 Å². The van der Waals surface area contributed by atoms with Crippen LogP contribution in [0.1, 0.15) is 23.1 Å². The van der Waals surface area contributed by atoms with Crippen LogP contribution >= 0.6 is 11.3 Å². The molecule has 0 saturated carbocycles. The van der Waals surface area contributed by atoms with Crippen LogP contribution in [-0.4, -0.2) is 0 Å². The fraction of sp³-hybridized carbons (Fsp3) is 0.0526. The highest BCUT2D eigenvalue weighted by Crippen LogP contribution is 2.42. The number of allylic oxidation sites excluding steroid dienone is 5. The molecule has 0 fully saturated rings. The predicted molar refractivity (Wildman–Crippen MR) is 255 cm³/mol. The lowest BCUT2D eigenvalue weighted by atomic mass is 9.93. The Morgan fingerprint density at radius 1 is 0.424 bits per heavy atom. The maximum Gasteiger partial charge on any atom is 0.0462 e. The van der Waals surface area contributed by atoms with Crippen LogP contribution in [0.25, 0.3) is 70.3 Å². The number of rotatable bonds is 8. The molecule has 0 bridgehead atoms. The van der Waals surface area contributed by atoms with Gasteiger partial charge in [0.1, 0.15) is 0 Å². The molecular formula is C57H43NS. The second-order valence-corrected chi connectivity index (χ2v) is 16.4. The zero-order chi connectivity index (χ0) is 39.7. The van der Waals surface area contributed by atoms with Crippen molar-refractivity contribution in [2.24, 2.45) is 0 Å². The summed E-state index contributed by atoms with van der Waals surface area (Å²) in [7, 11) is 0. The third kappa shape index (κ3) is 7.14. The Morgan fingerprint density at radius 2 is 1.02 bits per heavy atom. The van der Waals surface area contributed by atoms with Gasteiger partial charge in [0.05, 0.1) is 0 Å². The van der Waals surface area contributed by atoms with Crippen LogP contribution in [0.2, 0.25) is 0 Å². The quantitative estimate of drug-likeness (QED) is 0.149. The van der Waals surface area contributed by atoms with Crippen LogP contribution in [0.15, 0.2) is 218 Å². The topological polar surface area (TPSA) is 3.24 Å². The maximum absolute atomic E-state index is 2.39. The van der Waals surface area contributed by atoms with E-state index in [1.54, 1.807) is 0 Å². The van der Waals surface area contributed by atoms with Gasteiger partial charge in [0.25, 0.3) is 0 Å². The monoisotopic (exact) mass is 773 g/mol. The summed E-state index contributed by atoms with van der Waals surface area (Å²) in [6, 6.07) is 68.7. The maximum atomic E-state index is 2.39. The summed E-state index contributed by atoms with van der Waals surface area (Å²) in [4.78, 5) is 2.39. The zero-order valence-electron chi connectivity index (χ0n) is 33.3. The summed E-state index contributed by atoms with van der Waals surface area (Å²) in [5.41, 5.74) is 18.4. The number of anilines is 2. The molecule has 1 aliphatic rings. The van der Waals surface area contributed by atoms with E-state index in [4.69, 9.17) is 0 Å². The third-order valence-corrected chi connectivity index (χ3v) is 12.9. The van der Waals surface area contributed by atoms with Gasteiger partial charge >= 0.3 is 0 Å². The molecule has 1 heterocycles. The van der Waals surface area contributed by atoms with Gasteiger partial charge in [-0.3, -0.25) is 0 Å². The molecule has 0 N–H and O–H groups in total. The minimum Gasteiger partial charge on any atom is -0.311 e. The predicted octanol–water partition coefficient (Wildman–Crippen LogP) is 16.4. The first-order chi connectivity index (χ1) is 29.1. The van der Waals surface area contributed by atoms with Crippen LogP contribution in [0, 0.1) is 13.8 Å². The molecule has 0 aliphatic heterocycles. The van der Waals surface area contributed by atoms with Crippen molar-refractivity contribution in [3.63, 3.8) is 0 Å². The van der Waals surface area contributed by atoms with E-state index in [0.717, 1.165) is 23.5 Å². The lowest BCUT2D eigenvalue weighted by Crippen LogP contribution is -2.15. The first kappa shape index (κ1) is 36.3. The largest absolute Gasteiger partial charge is 0.311 e. The second-order valence-electron chi connectivity index (χ2n) is 15.4. The van der Waals surface area contributed by atoms with Crippen molar-refractivity contribution in [2.45, 2.75) is 20.3 Å². The summed E-state index contributed by atoms with van der Waals surface area (Å²) < 4.78 is 2.66. The van der Waals surface area contributed by atoms with E-state index in [2.05, 4.69) is 231 Å². The zero-order valence-corrected chi connectivity index (χ0v) is 34.1. The molecule has 0 saturated heterocycles. The molecule has 0 amide bonds. The van der Waals surface area contributed by atoms with Crippen molar-refractivity contribution in [3.8, 4) is 44.5 Å². The Hall–Kier alpha value is -7.00. The molecule has 0 atom stereocenters. The van der Waals surface area contributed by atoms with Crippen molar-refractivity contribution < 1.29 is 0 Å². The molecule has 1 aromatic heterocycles. The molecule has 9 aromatic rings. The van der Waals surface area contributed by atoms with Crippen LogP contribution in [0.3, 0.4) is 0 Å². The Bertz CT molecular complexity index is 3070. The van der Waals surface area contributed by atoms with Gasteiger partial charge in [-0.2, -0.15) is 0 Å². The first-order valence-corrected chi connectivity index (χ1v) is 21.2. The van der Waals surface area contributed by atoms with E-state index in [0.29, 0.717) is 0 Å². The molecule has 0 radical (unpaired) electrons. The molecule has 1 nitrogen and oxygen atoms in total. The fourth-order valence-electron chi connectivity index (χ4n) is 8.49.